The molecule has 1 saturated heterocycles. The molecule has 0 bridgehead atoms. The van der Waals surface area contributed by atoms with E-state index in [1.807, 2.05) is 0 Å². The molecule has 2 heteroatoms. The predicted octanol–water partition coefficient (Wildman–Crippen LogP) is 2.09. The third-order valence-electron chi connectivity index (χ3n) is 3.88. The summed E-state index contributed by atoms with van der Waals surface area (Å²) in [6, 6.07) is 8.90. The van der Waals surface area contributed by atoms with Gasteiger partial charge in [0.25, 0.3) is 0 Å². The molecule has 0 spiro atoms. The van der Waals surface area contributed by atoms with E-state index in [-0.39, 0.29) is 5.54 Å². The summed E-state index contributed by atoms with van der Waals surface area (Å²) in [5.74, 6) is 0. The molecule has 88 valence electrons. The highest BCUT2D eigenvalue weighted by atomic mass is 15.3. The van der Waals surface area contributed by atoms with Crippen molar-refractivity contribution in [1.29, 1.82) is 0 Å². The van der Waals surface area contributed by atoms with Gasteiger partial charge in [0.05, 0.1) is 5.54 Å². The fraction of sp³-hybridized carbons (Fsp3) is 0.571. The van der Waals surface area contributed by atoms with Gasteiger partial charge in [-0.25, -0.2) is 0 Å². The molecule has 16 heavy (non-hydrogen) atoms. The van der Waals surface area contributed by atoms with E-state index in [1.54, 1.807) is 0 Å². The number of hydrogen-bond acceptors (Lipinski definition) is 2. The Hall–Kier alpha value is -0.860. The molecule has 1 aliphatic rings. The van der Waals surface area contributed by atoms with Crippen LogP contribution in [0.4, 0.5) is 0 Å². The normalized spacial score (nSPS) is 28.2. The van der Waals surface area contributed by atoms with Gasteiger partial charge in [0.2, 0.25) is 0 Å². The van der Waals surface area contributed by atoms with Crippen molar-refractivity contribution in [2.75, 3.05) is 33.7 Å². The minimum atomic E-state index is 0.152. The van der Waals surface area contributed by atoms with Gasteiger partial charge in [-0.3, -0.25) is 4.90 Å². The highest BCUT2D eigenvalue weighted by Gasteiger charge is 2.35. The van der Waals surface area contributed by atoms with Gasteiger partial charge in [0.15, 0.2) is 0 Å². The maximum atomic E-state index is 2.47. The van der Waals surface area contributed by atoms with Gasteiger partial charge in [-0.15, -0.1) is 0 Å². The molecule has 0 amide bonds. The second-order valence-electron chi connectivity index (χ2n) is 5.30. The summed E-state index contributed by atoms with van der Waals surface area (Å²) in [6.07, 6.45) is 0. The van der Waals surface area contributed by atoms with E-state index in [0.717, 1.165) is 19.6 Å². The lowest BCUT2D eigenvalue weighted by Gasteiger charge is -2.47. The zero-order valence-electron chi connectivity index (χ0n) is 10.8. The number of rotatable bonds is 1. The fourth-order valence-corrected chi connectivity index (χ4v) is 2.58. The smallest absolute Gasteiger partial charge is 0.0557 e. The Morgan fingerprint density at radius 2 is 1.94 bits per heavy atom. The number of benzene rings is 1. The first kappa shape index (κ1) is 11.6. The molecule has 1 heterocycles. The fourth-order valence-electron chi connectivity index (χ4n) is 2.58. The van der Waals surface area contributed by atoms with E-state index >= 15 is 0 Å². The Balaban J connectivity index is 2.35. The molecule has 0 aromatic heterocycles. The van der Waals surface area contributed by atoms with Crippen LogP contribution in [0, 0.1) is 6.92 Å². The van der Waals surface area contributed by atoms with Crippen LogP contribution in [0.25, 0.3) is 0 Å². The van der Waals surface area contributed by atoms with Crippen LogP contribution in [-0.2, 0) is 5.54 Å². The molecular weight excluding hydrogens is 196 g/mol. The third-order valence-corrected chi connectivity index (χ3v) is 3.88. The van der Waals surface area contributed by atoms with Crippen LogP contribution in [0.15, 0.2) is 24.3 Å². The van der Waals surface area contributed by atoms with Crippen molar-refractivity contribution in [3.63, 3.8) is 0 Å². The van der Waals surface area contributed by atoms with Crippen molar-refractivity contribution in [2.45, 2.75) is 19.4 Å². The van der Waals surface area contributed by atoms with Gasteiger partial charge in [-0.1, -0.05) is 29.8 Å². The lowest BCUT2D eigenvalue weighted by atomic mass is 9.87. The van der Waals surface area contributed by atoms with Crippen molar-refractivity contribution >= 4 is 0 Å². The van der Waals surface area contributed by atoms with E-state index < -0.39 is 0 Å². The first-order valence-electron chi connectivity index (χ1n) is 5.99. The summed E-state index contributed by atoms with van der Waals surface area (Å²) in [5.41, 5.74) is 2.93. The quantitative estimate of drug-likeness (QED) is 0.712. The van der Waals surface area contributed by atoms with E-state index in [2.05, 4.69) is 62.0 Å². The van der Waals surface area contributed by atoms with Gasteiger partial charge >= 0.3 is 0 Å². The maximum Gasteiger partial charge on any atom is 0.0557 e. The van der Waals surface area contributed by atoms with Crippen LogP contribution in [0.2, 0.25) is 0 Å². The highest BCUT2D eigenvalue weighted by Crippen LogP contribution is 2.30. The SMILES string of the molecule is Cc1cccc(C2(C)CN(C)CCN2C)c1. The van der Waals surface area contributed by atoms with E-state index in [0.29, 0.717) is 0 Å². The topological polar surface area (TPSA) is 6.48 Å². The largest absolute Gasteiger partial charge is 0.303 e. The number of hydrogen-bond donors (Lipinski definition) is 0. The molecule has 2 nitrogen and oxygen atoms in total. The Morgan fingerprint density at radius 1 is 1.19 bits per heavy atom. The van der Waals surface area contributed by atoms with Crippen molar-refractivity contribution in [3.8, 4) is 0 Å². The van der Waals surface area contributed by atoms with Crippen LogP contribution in [0.1, 0.15) is 18.1 Å². The average Bonchev–Trinajstić information content (AvgIpc) is 2.24. The van der Waals surface area contributed by atoms with Crippen molar-refractivity contribution in [2.24, 2.45) is 0 Å². The molecule has 1 unspecified atom stereocenters. The lowest BCUT2D eigenvalue weighted by Crippen LogP contribution is -2.56. The van der Waals surface area contributed by atoms with Crippen molar-refractivity contribution < 1.29 is 0 Å². The molecule has 0 radical (unpaired) electrons. The van der Waals surface area contributed by atoms with Crippen LogP contribution in [0.5, 0.6) is 0 Å². The summed E-state index contributed by atoms with van der Waals surface area (Å²) in [6.45, 7) is 7.92. The zero-order valence-corrected chi connectivity index (χ0v) is 10.8. The monoisotopic (exact) mass is 218 g/mol. The summed E-state index contributed by atoms with van der Waals surface area (Å²) in [4.78, 5) is 4.89. The minimum absolute atomic E-state index is 0.152. The molecule has 1 fully saturated rings. The first-order chi connectivity index (χ1) is 7.52. The van der Waals surface area contributed by atoms with Crippen LogP contribution in [0.3, 0.4) is 0 Å². The van der Waals surface area contributed by atoms with Crippen LogP contribution in [-0.4, -0.2) is 43.5 Å². The van der Waals surface area contributed by atoms with Crippen molar-refractivity contribution in [1.82, 2.24) is 9.80 Å². The highest BCUT2D eigenvalue weighted by molar-refractivity contribution is 5.29. The molecule has 1 aromatic carbocycles. The predicted molar refractivity (Wildman–Crippen MR) is 68.7 cm³/mol. The first-order valence-corrected chi connectivity index (χ1v) is 5.99. The molecule has 1 aliphatic heterocycles. The van der Waals surface area contributed by atoms with E-state index in [1.165, 1.54) is 11.1 Å². The maximum absolute atomic E-state index is 2.47. The Kier molecular flexibility index (Phi) is 3.04. The number of likely N-dealkylation sites (N-methyl/N-ethyl adjacent to an activating group) is 2. The van der Waals surface area contributed by atoms with Gasteiger partial charge in [-0.2, -0.15) is 0 Å². The third kappa shape index (κ3) is 2.00. The molecule has 0 aliphatic carbocycles. The second kappa shape index (κ2) is 4.19. The summed E-state index contributed by atoms with van der Waals surface area (Å²) in [7, 11) is 4.44. The number of nitrogens with zero attached hydrogens (tertiary/aromatic N) is 2. The van der Waals surface area contributed by atoms with Crippen LogP contribution >= 0.6 is 0 Å². The lowest BCUT2D eigenvalue weighted by molar-refractivity contribution is 0.0379. The molecule has 1 atom stereocenters. The molecule has 0 saturated carbocycles. The summed E-state index contributed by atoms with van der Waals surface area (Å²) < 4.78 is 0. The Morgan fingerprint density at radius 3 is 2.62 bits per heavy atom. The molecular formula is C14H22N2. The number of piperazine rings is 1. The van der Waals surface area contributed by atoms with Gasteiger partial charge in [-0.05, 0) is 33.5 Å². The van der Waals surface area contributed by atoms with Crippen molar-refractivity contribution in [3.05, 3.63) is 35.4 Å². The van der Waals surface area contributed by atoms with E-state index in [9.17, 15) is 0 Å². The Labute approximate surface area is 98.9 Å². The number of aryl methyl sites for hydroxylation is 1. The zero-order chi connectivity index (χ0) is 11.8. The minimum Gasteiger partial charge on any atom is -0.303 e. The summed E-state index contributed by atoms with van der Waals surface area (Å²) in [5, 5.41) is 0. The van der Waals surface area contributed by atoms with Gasteiger partial charge in [0.1, 0.15) is 0 Å². The van der Waals surface area contributed by atoms with Gasteiger partial charge < -0.3 is 4.90 Å². The molecule has 2 rings (SSSR count). The average molecular weight is 218 g/mol. The summed E-state index contributed by atoms with van der Waals surface area (Å²) >= 11 is 0. The van der Waals surface area contributed by atoms with E-state index in [4.69, 9.17) is 0 Å². The van der Waals surface area contributed by atoms with Crippen LogP contribution < -0.4 is 0 Å². The Bertz CT molecular complexity index is 375. The standard InChI is InChI=1S/C14H22N2/c1-12-6-5-7-13(10-12)14(2)11-15(3)8-9-16(14)4/h5-7,10H,8-9,11H2,1-4H3. The van der Waals surface area contributed by atoms with Gasteiger partial charge in [0, 0.05) is 19.6 Å². The molecule has 0 N–H and O–H groups in total. The molecule has 1 aromatic rings. The second-order valence-corrected chi connectivity index (χ2v) is 5.30.